The Morgan fingerprint density at radius 2 is 2.33 bits per heavy atom. The largest absolute Gasteiger partial charge is 0.492 e. The van der Waals surface area contributed by atoms with Gasteiger partial charge in [-0.3, -0.25) is 0 Å². The lowest BCUT2D eigenvalue weighted by atomic mass is 10.2. The van der Waals surface area contributed by atoms with Gasteiger partial charge in [0.25, 0.3) is 0 Å². The molecule has 1 aromatic rings. The van der Waals surface area contributed by atoms with Crippen LogP contribution < -0.4 is 10.5 Å². The molecular formula is C10H11BrClNOS. The molecule has 1 aromatic carbocycles. The predicted molar refractivity (Wildman–Crippen MR) is 70.6 cm³/mol. The summed E-state index contributed by atoms with van der Waals surface area (Å²) in [6, 6.07) is 5.36. The van der Waals surface area contributed by atoms with Crippen LogP contribution in [0.4, 0.5) is 0 Å². The number of halogens is 2. The molecule has 0 radical (unpaired) electrons. The lowest BCUT2D eigenvalue weighted by Crippen LogP contribution is -2.24. The lowest BCUT2D eigenvalue weighted by molar-refractivity contribution is 0.292. The molecule has 5 heteroatoms. The van der Waals surface area contributed by atoms with Gasteiger partial charge < -0.3 is 10.5 Å². The molecule has 0 aliphatic carbocycles. The summed E-state index contributed by atoms with van der Waals surface area (Å²) in [6.45, 7) is 2.39. The molecule has 1 atom stereocenters. The normalized spacial score (nSPS) is 12.2. The van der Waals surface area contributed by atoms with Crippen molar-refractivity contribution in [3.05, 3.63) is 27.7 Å². The van der Waals surface area contributed by atoms with Crippen LogP contribution in [0, 0.1) is 5.92 Å². The lowest BCUT2D eigenvalue weighted by Gasteiger charge is -2.12. The van der Waals surface area contributed by atoms with E-state index in [4.69, 9.17) is 34.3 Å². The van der Waals surface area contributed by atoms with Gasteiger partial charge in [0.1, 0.15) is 5.75 Å². The van der Waals surface area contributed by atoms with E-state index in [0.29, 0.717) is 16.6 Å². The molecule has 0 saturated carbocycles. The SMILES string of the molecule is CC(COc1ccc(Cl)cc1Br)C(N)=S. The van der Waals surface area contributed by atoms with Crippen LogP contribution in [-0.2, 0) is 0 Å². The van der Waals surface area contributed by atoms with Crippen molar-refractivity contribution >= 4 is 44.7 Å². The summed E-state index contributed by atoms with van der Waals surface area (Å²) in [4.78, 5) is 0.458. The van der Waals surface area contributed by atoms with E-state index in [-0.39, 0.29) is 5.92 Å². The molecule has 0 amide bonds. The Morgan fingerprint density at radius 1 is 1.67 bits per heavy atom. The third-order valence-corrected chi connectivity index (χ3v) is 3.13. The van der Waals surface area contributed by atoms with Crippen molar-refractivity contribution in [3.63, 3.8) is 0 Å². The molecule has 2 nitrogen and oxygen atoms in total. The second kappa shape index (κ2) is 5.68. The molecule has 0 aliphatic rings. The molecule has 15 heavy (non-hydrogen) atoms. The van der Waals surface area contributed by atoms with E-state index in [1.807, 2.05) is 6.92 Å². The second-order valence-corrected chi connectivity index (χ2v) is 4.95. The highest BCUT2D eigenvalue weighted by atomic mass is 79.9. The van der Waals surface area contributed by atoms with E-state index in [2.05, 4.69) is 15.9 Å². The summed E-state index contributed by atoms with van der Waals surface area (Å²) in [5, 5.41) is 0.664. The van der Waals surface area contributed by atoms with Gasteiger partial charge in [-0.25, -0.2) is 0 Å². The Kier molecular flexibility index (Phi) is 4.83. The predicted octanol–water partition coefficient (Wildman–Crippen LogP) is 3.40. The van der Waals surface area contributed by atoms with Gasteiger partial charge in [-0.05, 0) is 34.1 Å². The zero-order chi connectivity index (χ0) is 11.4. The minimum Gasteiger partial charge on any atom is -0.492 e. The van der Waals surface area contributed by atoms with E-state index in [0.717, 1.165) is 10.2 Å². The van der Waals surface area contributed by atoms with Crippen LogP contribution in [0.25, 0.3) is 0 Å². The first-order valence-electron chi connectivity index (χ1n) is 4.38. The van der Waals surface area contributed by atoms with Gasteiger partial charge >= 0.3 is 0 Å². The Bertz CT molecular complexity index is 372. The number of nitrogens with two attached hydrogens (primary N) is 1. The van der Waals surface area contributed by atoms with Crippen LogP contribution in [0.1, 0.15) is 6.92 Å². The van der Waals surface area contributed by atoms with Gasteiger partial charge in [0, 0.05) is 10.9 Å². The second-order valence-electron chi connectivity index (χ2n) is 3.19. The highest BCUT2D eigenvalue weighted by Gasteiger charge is 2.07. The minimum atomic E-state index is 0.0579. The van der Waals surface area contributed by atoms with E-state index >= 15 is 0 Å². The molecule has 0 fully saturated rings. The Labute approximate surface area is 108 Å². The zero-order valence-electron chi connectivity index (χ0n) is 8.17. The Balaban J connectivity index is 2.62. The van der Waals surface area contributed by atoms with Crippen LogP contribution >= 0.6 is 39.7 Å². The van der Waals surface area contributed by atoms with Crippen LogP contribution in [0.3, 0.4) is 0 Å². The maximum Gasteiger partial charge on any atom is 0.133 e. The molecule has 0 aliphatic heterocycles. The summed E-state index contributed by atoms with van der Waals surface area (Å²) < 4.78 is 6.37. The molecule has 0 bridgehead atoms. The van der Waals surface area contributed by atoms with Crippen molar-refractivity contribution in [1.82, 2.24) is 0 Å². The van der Waals surface area contributed by atoms with Gasteiger partial charge in [0.2, 0.25) is 0 Å². The van der Waals surface area contributed by atoms with Crippen LogP contribution in [-0.4, -0.2) is 11.6 Å². The highest BCUT2D eigenvalue weighted by molar-refractivity contribution is 9.10. The number of hydrogen-bond donors (Lipinski definition) is 1. The van der Waals surface area contributed by atoms with Crippen LogP contribution in [0.2, 0.25) is 5.02 Å². The van der Waals surface area contributed by atoms with Crippen molar-refractivity contribution in [3.8, 4) is 5.75 Å². The van der Waals surface area contributed by atoms with Crippen molar-refractivity contribution in [1.29, 1.82) is 0 Å². The third kappa shape index (κ3) is 3.97. The highest BCUT2D eigenvalue weighted by Crippen LogP contribution is 2.28. The molecule has 1 rings (SSSR count). The van der Waals surface area contributed by atoms with Crippen molar-refractivity contribution in [2.45, 2.75) is 6.92 Å². The van der Waals surface area contributed by atoms with Crippen molar-refractivity contribution < 1.29 is 4.74 Å². The summed E-state index contributed by atoms with van der Waals surface area (Å²) in [6.07, 6.45) is 0. The molecule has 0 spiro atoms. The van der Waals surface area contributed by atoms with Crippen LogP contribution in [0.15, 0.2) is 22.7 Å². The number of ether oxygens (including phenoxy) is 1. The average molecular weight is 309 g/mol. The monoisotopic (exact) mass is 307 g/mol. The average Bonchev–Trinajstić information content (AvgIpc) is 2.15. The van der Waals surface area contributed by atoms with Gasteiger partial charge in [-0.15, -0.1) is 0 Å². The molecular weight excluding hydrogens is 298 g/mol. The van der Waals surface area contributed by atoms with E-state index in [1.165, 1.54) is 0 Å². The number of benzene rings is 1. The fourth-order valence-corrected chi connectivity index (χ4v) is 1.75. The molecule has 0 heterocycles. The number of rotatable bonds is 4. The maximum atomic E-state index is 5.80. The molecule has 1 unspecified atom stereocenters. The van der Waals surface area contributed by atoms with E-state index < -0.39 is 0 Å². The van der Waals surface area contributed by atoms with Crippen LogP contribution in [0.5, 0.6) is 5.75 Å². The van der Waals surface area contributed by atoms with Gasteiger partial charge in [-0.2, -0.15) is 0 Å². The van der Waals surface area contributed by atoms with Gasteiger partial charge in [0.05, 0.1) is 16.1 Å². The fourth-order valence-electron chi connectivity index (χ4n) is 0.889. The van der Waals surface area contributed by atoms with Crippen molar-refractivity contribution in [2.24, 2.45) is 11.7 Å². The number of thiocarbonyl (C=S) groups is 1. The maximum absolute atomic E-state index is 5.80. The van der Waals surface area contributed by atoms with E-state index in [9.17, 15) is 0 Å². The smallest absolute Gasteiger partial charge is 0.133 e. The zero-order valence-corrected chi connectivity index (χ0v) is 11.3. The van der Waals surface area contributed by atoms with Gasteiger partial charge in [0.15, 0.2) is 0 Å². The van der Waals surface area contributed by atoms with Crippen molar-refractivity contribution in [2.75, 3.05) is 6.61 Å². The summed E-state index contributed by atoms with van der Waals surface area (Å²) in [5.41, 5.74) is 5.48. The summed E-state index contributed by atoms with van der Waals surface area (Å²) in [5.74, 6) is 0.796. The topological polar surface area (TPSA) is 35.2 Å². The third-order valence-electron chi connectivity index (χ3n) is 1.87. The molecule has 0 aromatic heterocycles. The van der Waals surface area contributed by atoms with E-state index in [1.54, 1.807) is 18.2 Å². The van der Waals surface area contributed by atoms with Gasteiger partial charge in [-0.1, -0.05) is 30.7 Å². The summed E-state index contributed by atoms with van der Waals surface area (Å²) in [7, 11) is 0. The summed E-state index contributed by atoms with van der Waals surface area (Å²) >= 11 is 14.0. The minimum absolute atomic E-state index is 0.0579. The molecule has 0 saturated heterocycles. The molecule has 82 valence electrons. The first-order chi connectivity index (χ1) is 7.00. The standard InChI is InChI=1S/C10H11BrClNOS/c1-6(10(13)15)5-14-9-3-2-7(12)4-8(9)11/h2-4,6H,5H2,1H3,(H2,13,15). The number of hydrogen-bond acceptors (Lipinski definition) is 2. The quantitative estimate of drug-likeness (QED) is 0.866. The first-order valence-corrected chi connectivity index (χ1v) is 5.96. The first kappa shape index (κ1) is 12.7. The Morgan fingerprint density at radius 3 is 2.87 bits per heavy atom. The Hall–Kier alpha value is -0.320. The molecule has 2 N–H and O–H groups in total. The fraction of sp³-hybridized carbons (Fsp3) is 0.300.